The van der Waals surface area contributed by atoms with Crippen LogP contribution in [0.5, 0.6) is 46.0 Å². The molecule has 0 saturated heterocycles. The van der Waals surface area contributed by atoms with Crippen LogP contribution in [0.3, 0.4) is 0 Å². The number of anilines is 4. The Kier molecular flexibility index (Phi) is 12.7. The fourth-order valence-electron chi connectivity index (χ4n) is 6.33. The molecular weight excluding hydrogens is 797 g/mol. The van der Waals surface area contributed by atoms with Crippen LogP contribution in [-0.4, -0.2) is 8.42 Å². The van der Waals surface area contributed by atoms with Crippen LogP contribution in [0.25, 0.3) is 0 Å². The summed E-state index contributed by atoms with van der Waals surface area (Å²) in [7, 11) is -3.67. The van der Waals surface area contributed by atoms with E-state index in [1.54, 1.807) is 72.8 Å². The number of hydrogen-bond donors (Lipinski definition) is 4. The molecule has 0 unspecified atom stereocenters. The third-order valence-corrected chi connectivity index (χ3v) is 11.6. The summed E-state index contributed by atoms with van der Waals surface area (Å²) in [6.45, 7) is 4.41. The molecule has 0 aromatic heterocycles. The van der Waals surface area contributed by atoms with E-state index >= 15 is 0 Å². The molecule has 0 saturated carbocycles. The number of benzene rings is 8. The van der Waals surface area contributed by atoms with E-state index in [0.29, 0.717) is 45.7 Å². The van der Waals surface area contributed by atoms with Gasteiger partial charge in [0.2, 0.25) is 9.84 Å². The summed E-state index contributed by atoms with van der Waals surface area (Å²) >= 11 is 0. The van der Waals surface area contributed by atoms with Gasteiger partial charge in [-0.15, -0.1) is 0 Å². The van der Waals surface area contributed by atoms with Gasteiger partial charge in [0.15, 0.2) is 0 Å². The maximum atomic E-state index is 12.9. The van der Waals surface area contributed by atoms with Gasteiger partial charge in [-0.2, -0.15) is 0 Å². The molecular formula is C51H46N4O6S. The van der Waals surface area contributed by atoms with Crippen LogP contribution in [0.1, 0.15) is 25.0 Å². The van der Waals surface area contributed by atoms with Gasteiger partial charge >= 0.3 is 0 Å². The quantitative estimate of drug-likeness (QED) is 0.0866. The fourth-order valence-corrected chi connectivity index (χ4v) is 7.59. The van der Waals surface area contributed by atoms with Gasteiger partial charge in [0.25, 0.3) is 0 Å². The van der Waals surface area contributed by atoms with Crippen LogP contribution in [0.4, 0.5) is 22.7 Å². The molecule has 10 nitrogen and oxygen atoms in total. The molecule has 0 aliphatic carbocycles. The van der Waals surface area contributed by atoms with E-state index in [1.165, 1.54) is 35.4 Å². The number of nitrogen functional groups attached to an aromatic ring is 4. The van der Waals surface area contributed by atoms with Crippen molar-refractivity contribution in [2.45, 2.75) is 29.1 Å². The van der Waals surface area contributed by atoms with E-state index in [0.717, 1.165) is 23.0 Å². The largest absolute Gasteiger partial charge is 0.457 e. The summed E-state index contributed by atoms with van der Waals surface area (Å²) in [5.74, 6) is 5.27. The first-order valence-electron chi connectivity index (χ1n) is 19.6. The van der Waals surface area contributed by atoms with Crippen molar-refractivity contribution in [2.24, 2.45) is 0 Å². The minimum Gasteiger partial charge on any atom is -0.457 e. The Morgan fingerprint density at radius 3 is 0.919 bits per heavy atom. The van der Waals surface area contributed by atoms with E-state index in [9.17, 15) is 8.42 Å². The number of rotatable bonds is 12. The highest BCUT2D eigenvalue weighted by Gasteiger charge is 2.23. The first-order chi connectivity index (χ1) is 29.8. The summed E-state index contributed by atoms with van der Waals surface area (Å²) in [6, 6.07) is 57.6. The van der Waals surface area contributed by atoms with Crippen LogP contribution >= 0.6 is 0 Å². The van der Waals surface area contributed by atoms with Gasteiger partial charge < -0.3 is 41.9 Å². The predicted molar refractivity (Wildman–Crippen MR) is 247 cm³/mol. The molecule has 8 aromatic rings. The maximum absolute atomic E-state index is 12.9. The molecule has 0 bridgehead atoms. The Hall–Kier alpha value is -7.89. The molecule has 0 aliphatic heterocycles. The van der Waals surface area contributed by atoms with E-state index < -0.39 is 9.84 Å². The second-order valence-electron chi connectivity index (χ2n) is 14.8. The molecule has 0 heterocycles. The monoisotopic (exact) mass is 842 g/mol. The van der Waals surface area contributed by atoms with Crippen molar-refractivity contribution in [3.63, 3.8) is 0 Å². The lowest BCUT2D eigenvalue weighted by Gasteiger charge is -2.26. The van der Waals surface area contributed by atoms with Crippen molar-refractivity contribution in [3.05, 3.63) is 205 Å². The molecule has 0 amide bonds. The van der Waals surface area contributed by atoms with E-state index in [2.05, 4.69) is 38.1 Å². The zero-order valence-electron chi connectivity index (χ0n) is 34.1. The van der Waals surface area contributed by atoms with Crippen molar-refractivity contribution in [1.82, 2.24) is 0 Å². The Balaban J connectivity index is 0.000000186. The molecule has 8 aromatic carbocycles. The molecule has 0 aliphatic rings. The molecule has 0 atom stereocenters. The first-order valence-corrected chi connectivity index (χ1v) is 21.1. The highest BCUT2D eigenvalue weighted by Crippen LogP contribution is 2.35. The Morgan fingerprint density at radius 2 is 0.613 bits per heavy atom. The third kappa shape index (κ3) is 10.8. The summed E-state index contributed by atoms with van der Waals surface area (Å²) in [5.41, 5.74) is 27.8. The minimum atomic E-state index is -3.67. The lowest BCUT2D eigenvalue weighted by Crippen LogP contribution is -2.18. The second-order valence-corrected chi connectivity index (χ2v) is 16.8. The Labute approximate surface area is 361 Å². The number of ether oxygens (including phenoxy) is 4. The Bertz CT molecular complexity index is 2640. The Morgan fingerprint density at radius 1 is 0.339 bits per heavy atom. The molecule has 8 rings (SSSR count). The summed E-state index contributed by atoms with van der Waals surface area (Å²) in [4.78, 5) is 0.341. The number of sulfone groups is 1. The summed E-state index contributed by atoms with van der Waals surface area (Å²) in [6.07, 6.45) is 0. The first kappa shape index (κ1) is 42.2. The third-order valence-electron chi connectivity index (χ3n) is 9.84. The van der Waals surface area contributed by atoms with Crippen LogP contribution in [-0.2, 0) is 15.3 Å². The van der Waals surface area contributed by atoms with Crippen molar-refractivity contribution in [3.8, 4) is 46.0 Å². The van der Waals surface area contributed by atoms with Crippen molar-refractivity contribution in [1.29, 1.82) is 0 Å². The average molecular weight is 843 g/mol. The van der Waals surface area contributed by atoms with Crippen molar-refractivity contribution < 1.29 is 27.4 Å². The van der Waals surface area contributed by atoms with E-state index in [1.807, 2.05) is 72.8 Å². The smallest absolute Gasteiger partial charge is 0.206 e. The normalized spacial score (nSPS) is 11.1. The van der Waals surface area contributed by atoms with Gasteiger partial charge in [0, 0.05) is 40.3 Å². The van der Waals surface area contributed by atoms with Gasteiger partial charge in [-0.1, -0.05) is 50.2 Å². The lowest BCUT2D eigenvalue weighted by atomic mass is 9.78. The van der Waals surface area contributed by atoms with Crippen molar-refractivity contribution >= 4 is 32.6 Å². The lowest BCUT2D eigenvalue weighted by molar-refractivity contribution is 0.481. The van der Waals surface area contributed by atoms with Gasteiger partial charge in [0.05, 0.1) is 9.79 Å². The summed E-state index contributed by atoms with van der Waals surface area (Å²) in [5, 5.41) is 0. The molecule has 0 radical (unpaired) electrons. The van der Waals surface area contributed by atoms with Crippen LogP contribution in [0, 0.1) is 0 Å². The molecule has 0 spiro atoms. The SMILES string of the molecule is CC(C)(c1ccc(Oc2cccc(N)c2)cc1)c1ccc(Oc2cccc(N)c2)cc1.Nc1ccc(Oc2ccc(S(=O)(=O)c3ccc(Oc4ccc(N)cc4)cc3)cc2)cc1. The highest BCUT2D eigenvalue weighted by molar-refractivity contribution is 7.91. The standard InChI is InChI=1S/C27H26N2O2.C24H20N2O4S/c1-27(2,19-9-13-23(14-10-19)30-25-7-3-5-21(28)17-25)20-11-15-24(16-12-20)31-26-8-4-6-22(29)18-26;25-17-1-5-19(6-2-17)29-21-9-13-23(14-10-21)31(27,28)24-15-11-22(12-16-24)30-20-7-3-18(26)4-8-20/h3-18H,28-29H2,1-2H3;1-16H,25-26H2. The minimum absolute atomic E-state index is 0.171. The number of hydrogen-bond acceptors (Lipinski definition) is 10. The predicted octanol–water partition coefficient (Wildman–Crippen LogP) is 12.0. The summed E-state index contributed by atoms with van der Waals surface area (Å²) < 4.78 is 49.1. The molecule has 62 heavy (non-hydrogen) atoms. The average Bonchev–Trinajstić information content (AvgIpc) is 3.26. The molecule has 0 fully saturated rings. The van der Waals surface area contributed by atoms with Crippen molar-refractivity contribution in [2.75, 3.05) is 22.9 Å². The van der Waals surface area contributed by atoms with Gasteiger partial charge in [-0.3, -0.25) is 0 Å². The maximum Gasteiger partial charge on any atom is 0.206 e. The van der Waals surface area contributed by atoms with Gasteiger partial charge in [-0.25, -0.2) is 8.42 Å². The second kappa shape index (κ2) is 18.6. The van der Waals surface area contributed by atoms with Crippen LogP contribution < -0.4 is 41.9 Å². The zero-order valence-corrected chi connectivity index (χ0v) is 35.0. The van der Waals surface area contributed by atoms with Crippen LogP contribution in [0.2, 0.25) is 0 Å². The molecule has 11 heteroatoms. The molecule has 8 N–H and O–H groups in total. The highest BCUT2D eigenvalue weighted by atomic mass is 32.2. The van der Waals surface area contributed by atoms with Gasteiger partial charge in [-0.05, 0) is 157 Å². The number of nitrogens with two attached hydrogens (primary N) is 4. The van der Waals surface area contributed by atoms with E-state index in [-0.39, 0.29) is 15.2 Å². The fraction of sp³-hybridized carbons (Fsp3) is 0.0588. The molecule has 312 valence electrons. The van der Waals surface area contributed by atoms with Crippen LogP contribution in [0.15, 0.2) is 204 Å². The van der Waals surface area contributed by atoms with E-state index in [4.69, 9.17) is 41.9 Å². The topological polar surface area (TPSA) is 175 Å². The van der Waals surface area contributed by atoms with Gasteiger partial charge in [0.1, 0.15) is 46.0 Å². The zero-order chi connectivity index (χ0) is 43.7.